The molecule has 0 amide bonds. The summed E-state index contributed by atoms with van der Waals surface area (Å²) >= 11 is 0. The standard InChI is InChI=1S/C14H15NO2/c1-10(13(16)17-14(2,3)4)12-7-5-11(9-15)6-8-12/h5-8H,1H2,2-4H3. The molecule has 0 spiro atoms. The number of ether oxygens (including phenoxy) is 1. The summed E-state index contributed by atoms with van der Waals surface area (Å²) in [7, 11) is 0. The molecule has 3 heteroatoms. The van der Waals surface area contributed by atoms with Crippen LogP contribution in [-0.2, 0) is 9.53 Å². The Morgan fingerprint density at radius 2 is 1.82 bits per heavy atom. The van der Waals surface area contributed by atoms with Crippen LogP contribution in [-0.4, -0.2) is 11.6 Å². The highest BCUT2D eigenvalue weighted by Gasteiger charge is 2.19. The van der Waals surface area contributed by atoms with E-state index in [0.29, 0.717) is 16.7 Å². The van der Waals surface area contributed by atoms with E-state index < -0.39 is 11.6 Å². The van der Waals surface area contributed by atoms with E-state index in [4.69, 9.17) is 10.00 Å². The Bertz CT molecular complexity index is 472. The molecule has 1 aromatic rings. The molecular weight excluding hydrogens is 214 g/mol. The molecule has 0 bridgehead atoms. The lowest BCUT2D eigenvalue weighted by atomic mass is 10.1. The first kappa shape index (κ1) is 13.0. The Morgan fingerprint density at radius 1 is 1.29 bits per heavy atom. The van der Waals surface area contributed by atoms with Gasteiger partial charge in [0.15, 0.2) is 0 Å². The maximum absolute atomic E-state index is 11.7. The van der Waals surface area contributed by atoms with Crippen LogP contribution in [0.4, 0.5) is 0 Å². The number of rotatable bonds is 2. The molecule has 0 atom stereocenters. The largest absolute Gasteiger partial charge is 0.456 e. The molecular formula is C14H15NO2. The molecule has 0 unspecified atom stereocenters. The summed E-state index contributed by atoms with van der Waals surface area (Å²) in [6.45, 7) is 9.11. The van der Waals surface area contributed by atoms with E-state index in [9.17, 15) is 4.79 Å². The minimum atomic E-state index is -0.535. The highest BCUT2D eigenvalue weighted by molar-refractivity contribution is 6.15. The molecule has 1 aromatic carbocycles. The maximum atomic E-state index is 11.7. The molecule has 0 aliphatic carbocycles. The third-order valence-electron chi connectivity index (χ3n) is 2.01. The van der Waals surface area contributed by atoms with Gasteiger partial charge in [-0.15, -0.1) is 0 Å². The van der Waals surface area contributed by atoms with Gasteiger partial charge in [-0.1, -0.05) is 18.7 Å². The molecule has 0 N–H and O–H groups in total. The van der Waals surface area contributed by atoms with Gasteiger partial charge in [0.2, 0.25) is 0 Å². The van der Waals surface area contributed by atoms with Crippen molar-refractivity contribution in [3.8, 4) is 6.07 Å². The molecule has 0 saturated carbocycles. The van der Waals surface area contributed by atoms with Crippen LogP contribution in [0.2, 0.25) is 0 Å². The summed E-state index contributed by atoms with van der Waals surface area (Å²) in [6, 6.07) is 8.67. The number of hydrogen-bond donors (Lipinski definition) is 0. The molecule has 88 valence electrons. The van der Waals surface area contributed by atoms with Gasteiger partial charge in [-0.2, -0.15) is 5.26 Å². The molecule has 0 fully saturated rings. The minimum absolute atomic E-state index is 0.296. The predicted octanol–water partition coefficient (Wildman–Crippen LogP) is 2.91. The van der Waals surface area contributed by atoms with E-state index in [0.717, 1.165) is 0 Å². The second-order valence-electron chi connectivity index (χ2n) is 4.67. The van der Waals surface area contributed by atoms with Crippen LogP contribution in [0.15, 0.2) is 30.8 Å². The van der Waals surface area contributed by atoms with Crippen LogP contribution in [0, 0.1) is 11.3 Å². The molecule has 0 aliphatic rings. The average Bonchev–Trinajstić information content (AvgIpc) is 2.26. The molecule has 3 nitrogen and oxygen atoms in total. The van der Waals surface area contributed by atoms with E-state index in [1.165, 1.54) is 0 Å². The highest BCUT2D eigenvalue weighted by Crippen LogP contribution is 2.18. The third-order valence-corrected chi connectivity index (χ3v) is 2.01. The average molecular weight is 229 g/mol. The fraction of sp³-hybridized carbons (Fsp3) is 0.286. The van der Waals surface area contributed by atoms with Gasteiger partial charge >= 0.3 is 5.97 Å². The van der Waals surface area contributed by atoms with Crippen molar-refractivity contribution in [2.24, 2.45) is 0 Å². The fourth-order valence-electron chi connectivity index (χ4n) is 1.20. The molecule has 0 aliphatic heterocycles. The number of carbonyl (C=O) groups is 1. The quantitative estimate of drug-likeness (QED) is 0.578. The fourth-order valence-corrected chi connectivity index (χ4v) is 1.20. The first-order chi connectivity index (χ1) is 7.83. The van der Waals surface area contributed by atoms with Crippen molar-refractivity contribution in [3.05, 3.63) is 42.0 Å². The number of carbonyl (C=O) groups excluding carboxylic acids is 1. The number of esters is 1. The lowest BCUT2D eigenvalue weighted by Gasteiger charge is -2.20. The number of benzene rings is 1. The van der Waals surface area contributed by atoms with E-state index in [1.54, 1.807) is 45.0 Å². The Kier molecular flexibility index (Phi) is 3.69. The van der Waals surface area contributed by atoms with Gasteiger partial charge in [0.25, 0.3) is 0 Å². The molecule has 0 heterocycles. The van der Waals surface area contributed by atoms with Crippen molar-refractivity contribution in [3.63, 3.8) is 0 Å². The van der Waals surface area contributed by atoms with E-state index >= 15 is 0 Å². The summed E-state index contributed by atoms with van der Waals surface area (Å²) < 4.78 is 5.21. The molecule has 0 radical (unpaired) electrons. The second kappa shape index (κ2) is 4.84. The monoisotopic (exact) mass is 229 g/mol. The van der Waals surface area contributed by atoms with Gasteiger partial charge in [-0.05, 0) is 38.5 Å². The van der Waals surface area contributed by atoms with Crippen LogP contribution in [0.3, 0.4) is 0 Å². The Hall–Kier alpha value is -2.08. The first-order valence-electron chi connectivity index (χ1n) is 5.26. The van der Waals surface area contributed by atoms with E-state index in [2.05, 4.69) is 6.58 Å². The summed E-state index contributed by atoms with van der Waals surface area (Å²) in [4.78, 5) is 11.7. The minimum Gasteiger partial charge on any atom is -0.456 e. The smallest absolute Gasteiger partial charge is 0.338 e. The normalized spacial score (nSPS) is 10.5. The van der Waals surface area contributed by atoms with Crippen LogP contribution in [0.5, 0.6) is 0 Å². The van der Waals surface area contributed by atoms with Crippen LogP contribution >= 0.6 is 0 Å². The molecule has 1 rings (SSSR count). The van der Waals surface area contributed by atoms with E-state index in [-0.39, 0.29) is 0 Å². The first-order valence-corrected chi connectivity index (χ1v) is 5.26. The highest BCUT2D eigenvalue weighted by atomic mass is 16.6. The Labute approximate surface area is 101 Å². The lowest BCUT2D eigenvalue weighted by Crippen LogP contribution is -2.24. The topological polar surface area (TPSA) is 50.1 Å². The Morgan fingerprint density at radius 3 is 2.24 bits per heavy atom. The molecule has 0 saturated heterocycles. The number of hydrogen-bond acceptors (Lipinski definition) is 3. The van der Waals surface area contributed by atoms with Gasteiger partial charge in [0.1, 0.15) is 5.60 Å². The van der Waals surface area contributed by atoms with Crippen LogP contribution in [0.25, 0.3) is 5.57 Å². The number of nitrogens with zero attached hydrogens (tertiary/aromatic N) is 1. The van der Waals surface area contributed by atoms with Crippen molar-refractivity contribution in [2.45, 2.75) is 26.4 Å². The predicted molar refractivity (Wildman–Crippen MR) is 66.0 cm³/mol. The number of nitriles is 1. The SMILES string of the molecule is C=C(C(=O)OC(C)(C)C)c1ccc(C#N)cc1. The zero-order valence-corrected chi connectivity index (χ0v) is 10.3. The van der Waals surface area contributed by atoms with Gasteiger partial charge in [-0.25, -0.2) is 4.79 Å². The van der Waals surface area contributed by atoms with Crippen molar-refractivity contribution in [1.82, 2.24) is 0 Å². The van der Waals surface area contributed by atoms with Crippen molar-refractivity contribution in [1.29, 1.82) is 5.26 Å². The van der Waals surface area contributed by atoms with Gasteiger partial charge in [-0.3, -0.25) is 0 Å². The Balaban J connectivity index is 2.83. The lowest BCUT2D eigenvalue weighted by molar-refractivity contribution is -0.147. The van der Waals surface area contributed by atoms with Crippen molar-refractivity contribution in [2.75, 3.05) is 0 Å². The van der Waals surface area contributed by atoms with Crippen LogP contribution < -0.4 is 0 Å². The van der Waals surface area contributed by atoms with Crippen molar-refractivity contribution >= 4 is 11.5 Å². The van der Waals surface area contributed by atoms with Gasteiger partial charge in [0.05, 0.1) is 17.2 Å². The summed E-state index contributed by atoms with van der Waals surface area (Å²) in [6.07, 6.45) is 0. The maximum Gasteiger partial charge on any atom is 0.338 e. The van der Waals surface area contributed by atoms with Gasteiger partial charge in [0, 0.05) is 0 Å². The van der Waals surface area contributed by atoms with E-state index in [1.807, 2.05) is 6.07 Å². The third kappa shape index (κ3) is 3.76. The van der Waals surface area contributed by atoms with Crippen molar-refractivity contribution < 1.29 is 9.53 Å². The molecule has 0 aromatic heterocycles. The molecule has 17 heavy (non-hydrogen) atoms. The van der Waals surface area contributed by atoms with Crippen LogP contribution in [0.1, 0.15) is 31.9 Å². The zero-order valence-electron chi connectivity index (χ0n) is 10.3. The second-order valence-corrected chi connectivity index (χ2v) is 4.67. The summed E-state index contributed by atoms with van der Waals surface area (Å²) in [5.41, 5.74) is 0.973. The summed E-state index contributed by atoms with van der Waals surface area (Å²) in [5, 5.41) is 8.67. The van der Waals surface area contributed by atoms with Gasteiger partial charge < -0.3 is 4.74 Å². The summed E-state index contributed by atoms with van der Waals surface area (Å²) in [5.74, 6) is -0.442. The zero-order chi connectivity index (χ0) is 13.1.